The minimum atomic E-state index is 0.648. The smallest absolute Gasteiger partial charge is 0.0345 e. The fourth-order valence-electron chi connectivity index (χ4n) is 3.03. The zero-order chi connectivity index (χ0) is 12.4. The molecule has 0 saturated heterocycles. The largest absolute Gasteiger partial charge is 0.382 e. The van der Waals surface area contributed by atoms with E-state index in [1.165, 1.54) is 35.0 Å². The van der Waals surface area contributed by atoms with E-state index in [0.717, 1.165) is 11.8 Å². The average Bonchev–Trinajstić information content (AvgIpc) is 2.22. The van der Waals surface area contributed by atoms with Crippen LogP contribution in [0.15, 0.2) is 22.7 Å². The molecule has 1 saturated carbocycles. The summed E-state index contributed by atoms with van der Waals surface area (Å²) in [7, 11) is 0. The molecule has 0 radical (unpaired) electrons. The van der Waals surface area contributed by atoms with E-state index in [1.54, 1.807) is 0 Å². The number of hydrogen-bond donors (Lipinski definition) is 1. The van der Waals surface area contributed by atoms with Crippen molar-refractivity contribution in [3.63, 3.8) is 0 Å². The molecule has 1 nitrogen and oxygen atoms in total. The van der Waals surface area contributed by atoms with Crippen molar-refractivity contribution < 1.29 is 0 Å². The van der Waals surface area contributed by atoms with Crippen LogP contribution in [0.25, 0.3) is 0 Å². The summed E-state index contributed by atoms with van der Waals surface area (Å²) in [5, 5.41) is 3.69. The second kappa shape index (κ2) is 5.43. The monoisotopic (exact) mass is 295 g/mol. The van der Waals surface area contributed by atoms with Crippen LogP contribution in [0, 0.1) is 18.8 Å². The van der Waals surface area contributed by atoms with Gasteiger partial charge in [-0.05, 0) is 61.8 Å². The van der Waals surface area contributed by atoms with Gasteiger partial charge in [0, 0.05) is 16.2 Å². The van der Waals surface area contributed by atoms with E-state index in [-0.39, 0.29) is 0 Å². The minimum absolute atomic E-state index is 0.648. The Labute approximate surface area is 113 Å². The van der Waals surface area contributed by atoms with Crippen LogP contribution in [-0.4, -0.2) is 6.04 Å². The van der Waals surface area contributed by atoms with Crippen molar-refractivity contribution in [2.45, 2.75) is 46.1 Å². The van der Waals surface area contributed by atoms with E-state index in [9.17, 15) is 0 Å². The van der Waals surface area contributed by atoms with Crippen molar-refractivity contribution in [1.82, 2.24) is 0 Å². The predicted molar refractivity (Wildman–Crippen MR) is 78.5 cm³/mol. The van der Waals surface area contributed by atoms with Crippen LogP contribution in [0.3, 0.4) is 0 Å². The predicted octanol–water partition coefficient (Wildman–Crippen LogP) is 4.99. The number of benzene rings is 1. The molecule has 0 heterocycles. The van der Waals surface area contributed by atoms with E-state index in [1.807, 2.05) is 0 Å². The molecule has 2 rings (SSSR count). The maximum absolute atomic E-state index is 3.69. The molecule has 1 N–H and O–H groups in total. The molecule has 1 aromatic carbocycles. The third-order valence-electron chi connectivity index (χ3n) is 3.71. The van der Waals surface area contributed by atoms with Crippen LogP contribution < -0.4 is 5.32 Å². The van der Waals surface area contributed by atoms with Gasteiger partial charge in [-0.2, -0.15) is 0 Å². The zero-order valence-electron chi connectivity index (χ0n) is 11.0. The van der Waals surface area contributed by atoms with E-state index in [0.29, 0.717) is 6.04 Å². The third-order valence-corrected chi connectivity index (χ3v) is 4.60. The van der Waals surface area contributed by atoms with Gasteiger partial charge in [0.1, 0.15) is 0 Å². The molecule has 2 unspecified atom stereocenters. The van der Waals surface area contributed by atoms with Gasteiger partial charge in [0.15, 0.2) is 0 Å². The first-order valence-electron chi connectivity index (χ1n) is 6.57. The van der Waals surface area contributed by atoms with Gasteiger partial charge < -0.3 is 5.32 Å². The molecule has 94 valence electrons. The number of halogens is 1. The topological polar surface area (TPSA) is 12.0 Å². The van der Waals surface area contributed by atoms with Crippen molar-refractivity contribution in [2.75, 3.05) is 5.32 Å². The summed E-state index contributed by atoms with van der Waals surface area (Å²) in [6.07, 6.45) is 4.00. The van der Waals surface area contributed by atoms with Crippen LogP contribution in [0.1, 0.15) is 38.7 Å². The second-order valence-corrected chi connectivity index (χ2v) is 6.58. The van der Waals surface area contributed by atoms with Crippen LogP contribution in [0.2, 0.25) is 0 Å². The molecular weight excluding hydrogens is 274 g/mol. The molecule has 0 spiro atoms. The second-order valence-electron chi connectivity index (χ2n) is 5.72. The number of rotatable bonds is 2. The van der Waals surface area contributed by atoms with Crippen molar-refractivity contribution in [3.8, 4) is 0 Å². The van der Waals surface area contributed by atoms with Crippen molar-refractivity contribution in [2.24, 2.45) is 11.8 Å². The molecular formula is C15H22BrN. The molecule has 1 aliphatic rings. The molecule has 2 atom stereocenters. The molecule has 0 aromatic heterocycles. The Bertz CT molecular complexity index is 379. The van der Waals surface area contributed by atoms with E-state index < -0.39 is 0 Å². The van der Waals surface area contributed by atoms with Crippen molar-refractivity contribution >= 4 is 21.6 Å². The molecule has 0 bridgehead atoms. The van der Waals surface area contributed by atoms with E-state index in [4.69, 9.17) is 0 Å². The number of aryl methyl sites for hydroxylation is 1. The molecule has 0 aliphatic heterocycles. The Kier molecular flexibility index (Phi) is 4.13. The minimum Gasteiger partial charge on any atom is -0.382 e. The van der Waals surface area contributed by atoms with Gasteiger partial charge in [0.2, 0.25) is 0 Å². The quantitative estimate of drug-likeness (QED) is 0.810. The number of nitrogens with one attached hydrogen (secondary N) is 1. The maximum Gasteiger partial charge on any atom is 0.0345 e. The molecule has 2 heteroatoms. The molecule has 1 aromatic rings. The van der Waals surface area contributed by atoms with E-state index in [2.05, 4.69) is 60.2 Å². The molecule has 17 heavy (non-hydrogen) atoms. The van der Waals surface area contributed by atoms with Crippen LogP contribution >= 0.6 is 15.9 Å². The highest BCUT2D eigenvalue weighted by molar-refractivity contribution is 9.10. The van der Waals surface area contributed by atoms with Gasteiger partial charge in [0.05, 0.1) is 0 Å². The fourth-order valence-corrected chi connectivity index (χ4v) is 3.28. The highest BCUT2D eigenvalue weighted by atomic mass is 79.9. The van der Waals surface area contributed by atoms with Gasteiger partial charge in [-0.3, -0.25) is 0 Å². The van der Waals surface area contributed by atoms with Crippen molar-refractivity contribution in [3.05, 3.63) is 28.2 Å². The Morgan fingerprint density at radius 3 is 2.35 bits per heavy atom. The third kappa shape index (κ3) is 3.48. The Morgan fingerprint density at radius 2 is 1.76 bits per heavy atom. The summed E-state index contributed by atoms with van der Waals surface area (Å²) in [5.74, 6) is 1.71. The van der Waals surface area contributed by atoms with Crippen LogP contribution in [0.4, 0.5) is 5.69 Å². The van der Waals surface area contributed by atoms with Crippen LogP contribution in [-0.2, 0) is 0 Å². The standard InChI is InChI=1S/C15H22BrN/c1-10-6-11(2)8-14(7-10)17-13-4-5-15(16)12(3)9-13/h4-5,9-11,14,17H,6-8H2,1-3H3. The first-order chi connectivity index (χ1) is 8.04. The number of anilines is 1. The van der Waals surface area contributed by atoms with Gasteiger partial charge >= 0.3 is 0 Å². The molecule has 1 fully saturated rings. The number of hydrogen-bond acceptors (Lipinski definition) is 1. The lowest BCUT2D eigenvalue weighted by atomic mass is 9.80. The molecule has 1 aliphatic carbocycles. The first kappa shape index (κ1) is 12.9. The average molecular weight is 296 g/mol. The lowest BCUT2D eigenvalue weighted by Gasteiger charge is -2.32. The zero-order valence-corrected chi connectivity index (χ0v) is 12.5. The normalized spacial score (nSPS) is 29.1. The summed E-state index contributed by atoms with van der Waals surface area (Å²) in [5.41, 5.74) is 2.56. The van der Waals surface area contributed by atoms with E-state index >= 15 is 0 Å². The maximum atomic E-state index is 3.69. The lowest BCUT2D eigenvalue weighted by Crippen LogP contribution is -2.30. The SMILES string of the molecule is Cc1cc(NC2CC(C)CC(C)C2)ccc1Br. The Balaban J connectivity index is 2.02. The first-order valence-corrected chi connectivity index (χ1v) is 7.36. The Hall–Kier alpha value is -0.500. The summed E-state index contributed by atoms with van der Waals surface area (Å²) in [6.45, 7) is 6.88. The van der Waals surface area contributed by atoms with Gasteiger partial charge in [-0.15, -0.1) is 0 Å². The van der Waals surface area contributed by atoms with Crippen LogP contribution in [0.5, 0.6) is 0 Å². The summed E-state index contributed by atoms with van der Waals surface area (Å²) >= 11 is 3.55. The van der Waals surface area contributed by atoms with Crippen molar-refractivity contribution in [1.29, 1.82) is 0 Å². The fraction of sp³-hybridized carbons (Fsp3) is 0.600. The molecule has 0 amide bonds. The van der Waals surface area contributed by atoms with Gasteiger partial charge in [-0.1, -0.05) is 29.8 Å². The highest BCUT2D eigenvalue weighted by Crippen LogP contribution is 2.31. The van der Waals surface area contributed by atoms with Gasteiger partial charge in [0.25, 0.3) is 0 Å². The Morgan fingerprint density at radius 1 is 1.12 bits per heavy atom. The summed E-state index contributed by atoms with van der Waals surface area (Å²) < 4.78 is 1.19. The lowest BCUT2D eigenvalue weighted by molar-refractivity contribution is 0.281. The summed E-state index contributed by atoms with van der Waals surface area (Å²) in [4.78, 5) is 0. The highest BCUT2D eigenvalue weighted by Gasteiger charge is 2.23. The summed E-state index contributed by atoms with van der Waals surface area (Å²) in [6, 6.07) is 7.18. The van der Waals surface area contributed by atoms with Gasteiger partial charge in [-0.25, -0.2) is 0 Å².